The standard InChI is InChI=1S/C20H22ClF3N4O4/c21-13-1-2-17-12(7-13)8-16(31-17)11-25-18(29)27-3-5-28(6-4-27)19(30)26-14-9-15(10-14)32-20(22,23)24/h1-2,7-8,14-15H,3-6,9-11H2,(H,25,29)(H,26,30)/t14-,15+. The van der Waals surface area contributed by atoms with E-state index in [0.29, 0.717) is 42.5 Å². The monoisotopic (exact) mass is 474 g/mol. The summed E-state index contributed by atoms with van der Waals surface area (Å²) in [7, 11) is 0. The molecule has 0 spiro atoms. The Balaban J connectivity index is 1.17. The predicted octanol–water partition coefficient (Wildman–Crippen LogP) is 3.69. The highest BCUT2D eigenvalue weighted by Gasteiger charge is 2.41. The van der Waals surface area contributed by atoms with Gasteiger partial charge in [-0.05, 0) is 37.1 Å². The maximum absolute atomic E-state index is 12.4. The highest BCUT2D eigenvalue weighted by molar-refractivity contribution is 6.31. The SMILES string of the molecule is O=C(NCc1cc2cc(Cl)ccc2o1)N1CCN(C(=O)N[C@H]2C[C@@H](OC(F)(F)F)C2)CC1. The second kappa shape index (κ2) is 9.07. The Morgan fingerprint density at radius 2 is 1.75 bits per heavy atom. The van der Waals surface area contributed by atoms with E-state index in [9.17, 15) is 22.8 Å². The Bertz CT molecular complexity index is 985. The molecule has 12 heteroatoms. The second-order valence-corrected chi connectivity index (χ2v) is 8.27. The summed E-state index contributed by atoms with van der Waals surface area (Å²) in [6.07, 6.45) is -5.32. The van der Waals surface area contributed by atoms with Crippen molar-refractivity contribution in [3.8, 4) is 0 Å². The van der Waals surface area contributed by atoms with E-state index in [1.807, 2.05) is 6.07 Å². The summed E-state index contributed by atoms with van der Waals surface area (Å²) in [4.78, 5) is 27.9. The Morgan fingerprint density at radius 3 is 2.41 bits per heavy atom. The minimum Gasteiger partial charge on any atom is -0.459 e. The summed E-state index contributed by atoms with van der Waals surface area (Å²) in [5.41, 5.74) is 0.682. The maximum Gasteiger partial charge on any atom is 0.522 e. The molecule has 2 heterocycles. The number of benzene rings is 1. The van der Waals surface area contributed by atoms with Crippen LogP contribution in [0, 0.1) is 0 Å². The summed E-state index contributed by atoms with van der Waals surface area (Å²) in [6, 6.07) is 6.13. The van der Waals surface area contributed by atoms with Crippen LogP contribution < -0.4 is 10.6 Å². The number of alkyl halides is 3. The second-order valence-electron chi connectivity index (χ2n) is 7.83. The molecule has 2 N–H and O–H groups in total. The van der Waals surface area contributed by atoms with E-state index in [1.165, 1.54) is 0 Å². The third-order valence-electron chi connectivity index (χ3n) is 5.52. The zero-order chi connectivity index (χ0) is 22.9. The lowest BCUT2D eigenvalue weighted by Crippen LogP contribution is -2.58. The molecule has 0 radical (unpaired) electrons. The van der Waals surface area contributed by atoms with E-state index in [4.69, 9.17) is 16.0 Å². The average molecular weight is 475 g/mol. The summed E-state index contributed by atoms with van der Waals surface area (Å²) in [5.74, 6) is 0.599. The van der Waals surface area contributed by atoms with Gasteiger partial charge in [0, 0.05) is 42.6 Å². The van der Waals surface area contributed by atoms with Crippen molar-refractivity contribution in [1.82, 2.24) is 20.4 Å². The Labute approximate surface area is 186 Å². The van der Waals surface area contributed by atoms with Crippen molar-refractivity contribution in [1.29, 1.82) is 0 Å². The fourth-order valence-electron chi connectivity index (χ4n) is 3.78. The number of carbonyl (C=O) groups is 2. The number of hydrogen-bond donors (Lipinski definition) is 2. The smallest absolute Gasteiger partial charge is 0.459 e. The van der Waals surface area contributed by atoms with Gasteiger partial charge in [0.2, 0.25) is 0 Å². The normalized spacial score (nSPS) is 21.4. The molecule has 0 unspecified atom stereocenters. The van der Waals surface area contributed by atoms with Crippen LogP contribution in [0.25, 0.3) is 11.0 Å². The summed E-state index contributed by atoms with van der Waals surface area (Å²) >= 11 is 5.96. The lowest BCUT2D eigenvalue weighted by Gasteiger charge is -2.39. The number of hydrogen-bond acceptors (Lipinski definition) is 4. The fourth-order valence-corrected chi connectivity index (χ4v) is 3.96. The number of rotatable bonds is 4. The van der Waals surface area contributed by atoms with E-state index in [-0.39, 0.29) is 37.5 Å². The van der Waals surface area contributed by atoms with Crippen LogP contribution in [0.1, 0.15) is 18.6 Å². The largest absolute Gasteiger partial charge is 0.522 e. The number of fused-ring (bicyclic) bond motifs is 1. The van der Waals surface area contributed by atoms with Crippen molar-refractivity contribution in [3.63, 3.8) is 0 Å². The number of halogens is 4. The summed E-state index contributed by atoms with van der Waals surface area (Å²) in [6.45, 7) is 1.57. The number of nitrogens with one attached hydrogen (secondary N) is 2. The maximum atomic E-state index is 12.4. The average Bonchev–Trinajstić information content (AvgIpc) is 3.11. The van der Waals surface area contributed by atoms with Crippen LogP contribution in [0.15, 0.2) is 28.7 Å². The molecule has 1 aliphatic heterocycles. The lowest BCUT2D eigenvalue weighted by atomic mass is 9.89. The van der Waals surface area contributed by atoms with Crippen LogP contribution in [0.5, 0.6) is 0 Å². The molecule has 174 valence electrons. The molecule has 1 saturated carbocycles. The van der Waals surface area contributed by atoms with Gasteiger partial charge in [-0.1, -0.05) is 11.6 Å². The minimum absolute atomic E-state index is 0.127. The zero-order valence-electron chi connectivity index (χ0n) is 17.0. The van der Waals surface area contributed by atoms with Gasteiger partial charge in [0.05, 0.1) is 12.6 Å². The highest BCUT2D eigenvalue weighted by atomic mass is 35.5. The number of amides is 4. The Morgan fingerprint density at radius 1 is 1.09 bits per heavy atom. The van der Waals surface area contributed by atoms with E-state index < -0.39 is 12.5 Å². The molecule has 4 rings (SSSR count). The van der Waals surface area contributed by atoms with Gasteiger partial charge < -0.3 is 24.9 Å². The van der Waals surface area contributed by atoms with Crippen LogP contribution in [0.4, 0.5) is 22.8 Å². The Kier molecular flexibility index (Phi) is 6.38. The molecule has 32 heavy (non-hydrogen) atoms. The first kappa shape index (κ1) is 22.5. The van der Waals surface area contributed by atoms with Gasteiger partial charge in [-0.25, -0.2) is 9.59 Å². The molecule has 4 amide bonds. The molecule has 1 aromatic carbocycles. The quantitative estimate of drug-likeness (QED) is 0.707. The zero-order valence-corrected chi connectivity index (χ0v) is 17.7. The fraction of sp³-hybridized carbons (Fsp3) is 0.500. The van der Waals surface area contributed by atoms with Gasteiger partial charge in [0.15, 0.2) is 0 Å². The minimum atomic E-state index is -4.66. The van der Waals surface area contributed by atoms with E-state index >= 15 is 0 Å². The summed E-state index contributed by atoms with van der Waals surface area (Å²) < 4.78 is 46.1. The van der Waals surface area contributed by atoms with E-state index in [2.05, 4.69) is 15.4 Å². The molecule has 1 aromatic heterocycles. The third-order valence-corrected chi connectivity index (χ3v) is 5.76. The van der Waals surface area contributed by atoms with Crippen molar-refractivity contribution in [3.05, 3.63) is 35.0 Å². The lowest BCUT2D eigenvalue weighted by molar-refractivity contribution is -0.351. The number of ether oxygens (including phenoxy) is 1. The van der Waals surface area contributed by atoms with Gasteiger partial charge in [0.1, 0.15) is 11.3 Å². The molecule has 1 saturated heterocycles. The Hall–Kier alpha value is -2.66. The molecule has 8 nitrogen and oxygen atoms in total. The van der Waals surface area contributed by atoms with Gasteiger partial charge in [-0.15, -0.1) is 13.2 Å². The molecule has 0 bridgehead atoms. The highest BCUT2D eigenvalue weighted by Crippen LogP contribution is 2.30. The van der Waals surface area contributed by atoms with Crippen molar-refractivity contribution < 1.29 is 31.9 Å². The number of urea groups is 2. The van der Waals surface area contributed by atoms with Crippen molar-refractivity contribution in [2.45, 2.75) is 37.9 Å². The molecule has 0 atom stereocenters. The number of piperazine rings is 1. The van der Waals surface area contributed by atoms with E-state index in [1.54, 1.807) is 28.0 Å². The van der Waals surface area contributed by atoms with Gasteiger partial charge >= 0.3 is 18.4 Å². The van der Waals surface area contributed by atoms with Gasteiger partial charge in [0.25, 0.3) is 0 Å². The van der Waals surface area contributed by atoms with Crippen molar-refractivity contribution >= 4 is 34.6 Å². The molecular weight excluding hydrogens is 453 g/mol. The van der Waals surface area contributed by atoms with Crippen LogP contribution in [0.2, 0.25) is 5.02 Å². The number of carbonyl (C=O) groups excluding carboxylic acids is 2. The first-order valence-electron chi connectivity index (χ1n) is 10.2. The van der Waals surface area contributed by atoms with E-state index in [0.717, 1.165) is 5.39 Å². The molecule has 1 aliphatic carbocycles. The molecule has 2 fully saturated rings. The predicted molar refractivity (Wildman–Crippen MR) is 109 cm³/mol. The third kappa shape index (κ3) is 5.57. The topological polar surface area (TPSA) is 87.1 Å². The molecule has 2 aliphatic rings. The van der Waals surface area contributed by atoms with Crippen molar-refractivity contribution in [2.24, 2.45) is 0 Å². The van der Waals surface area contributed by atoms with Crippen LogP contribution in [-0.4, -0.2) is 66.5 Å². The van der Waals surface area contributed by atoms with Gasteiger partial charge in [-0.3, -0.25) is 4.74 Å². The van der Waals surface area contributed by atoms with Crippen LogP contribution in [-0.2, 0) is 11.3 Å². The van der Waals surface area contributed by atoms with Gasteiger partial charge in [-0.2, -0.15) is 0 Å². The molecular formula is C20H22ClF3N4O4. The number of furan rings is 1. The number of nitrogens with zero attached hydrogens (tertiary/aromatic N) is 2. The first-order chi connectivity index (χ1) is 15.2. The first-order valence-corrected chi connectivity index (χ1v) is 10.5. The molecule has 2 aromatic rings. The van der Waals surface area contributed by atoms with Crippen LogP contribution in [0.3, 0.4) is 0 Å². The van der Waals surface area contributed by atoms with Crippen molar-refractivity contribution in [2.75, 3.05) is 26.2 Å². The van der Waals surface area contributed by atoms with Crippen LogP contribution >= 0.6 is 11.6 Å². The summed E-state index contributed by atoms with van der Waals surface area (Å²) in [5, 5.41) is 6.96.